The molecule has 0 bridgehead atoms. The van der Waals surface area contributed by atoms with Crippen LogP contribution in [0, 0.1) is 5.41 Å². The lowest BCUT2D eigenvalue weighted by Crippen LogP contribution is -2.36. The number of para-hydroxylation sites is 2. The van der Waals surface area contributed by atoms with Gasteiger partial charge in [0.2, 0.25) is 0 Å². The number of guanidine groups is 1. The summed E-state index contributed by atoms with van der Waals surface area (Å²) in [6.45, 7) is 0.287. The Morgan fingerprint density at radius 2 is 1.72 bits per heavy atom. The second-order valence-electron chi connectivity index (χ2n) is 6.47. The maximum Gasteiger partial charge on any atom is 0.193 e. The number of fused-ring (bicyclic) bond motifs is 1. The van der Waals surface area contributed by atoms with Crippen LogP contribution in [-0.2, 0) is 6.54 Å². The van der Waals surface area contributed by atoms with Crippen LogP contribution >= 0.6 is 0 Å². The molecule has 1 aromatic heterocycles. The maximum atomic E-state index is 8.10. The number of rotatable bonds is 6. The first kappa shape index (κ1) is 18.4. The van der Waals surface area contributed by atoms with Crippen molar-refractivity contribution >= 4 is 22.6 Å². The molecule has 0 spiro atoms. The fourth-order valence-electron chi connectivity index (χ4n) is 3.14. The van der Waals surface area contributed by atoms with Gasteiger partial charge < -0.3 is 24.5 Å². The lowest BCUT2D eigenvalue weighted by Gasteiger charge is -2.24. The second-order valence-corrected chi connectivity index (χ2v) is 6.47. The number of nitrogens with one attached hydrogen (secondary N) is 1. The average molecular weight is 387 g/mol. The summed E-state index contributed by atoms with van der Waals surface area (Å²) in [5, 5.41) is 9.10. The highest BCUT2D eigenvalue weighted by Crippen LogP contribution is 2.35. The number of ether oxygens (including phenoxy) is 2. The summed E-state index contributed by atoms with van der Waals surface area (Å²) < 4.78 is 17.3. The van der Waals surface area contributed by atoms with E-state index in [4.69, 9.17) is 25.0 Å². The predicted octanol–water partition coefficient (Wildman–Crippen LogP) is 5.13. The quantitative estimate of drug-likeness (QED) is 0.354. The van der Waals surface area contributed by atoms with E-state index >= 15 is 0 Å². The number of anilines is 1. The summed E-state index contributed by atoms with van der Waals surface area (Å²) in [6, 6.07) is 24.6. The molecule has 1 heterocycles. The third kappa shape index (κ3) is 4.01. The van der Waals surface area contributed by atoms with E-state index in [0.29, 0.717) is 22.9 Å². The summed E-state index contributed by atoms with van der Waals surface area (Å²) in [6.07, 6.45) is 0. The van der Waals surface area contributed by atoms with E-state index in [1.165, 1.54) is 0 Å². The Balaban J connectivity index is 1.68. The number of nitrogens with two attached hydrogens (primary N) is 1. The molecule has 29 heavy (non-hydrogen) atoms. The van der Waals surface area contributed by atoms with Crippen LogP contribution in [0.15, 0.2) is 83.3 Å². The van der Waals surface area contributed by atoms with Crippen molar-refractivity contribution in [2.75, 3.05) is 12.0 Å². The summed E-state index contributed by atoms with van der Waals surface area (Å²) in [4.78, 5) is 1.62. The lowest BCUT2D eigenvalue weighted by atomic mass is 10.2. The minimum absolute atomic E-state index is 0.124. The zero-order valence-electron chi connectivity index (χ0n) is 16.0. The van der Waals surface area contributed by atoms with Gasteiger partial charge in [-0.3, -0.25) is 5.41 Å². The van der Waals surface area contributed by atoms with Crippen molar-refractivity contribution in [3.63, 3.8) is 0 Å². The topological polar surface area (TPSA) is 84.7 Å². The average Bonchev–Trinajstić information content (AvgIpc) is 3.15. The van der Waals surface area contributed by atoms with Crippen molar-refractivity contribution in [2.24, 2.45) is 5.73 Å². The molecule has 0 radical (unpaired) electrons. The van der Waals surface area contributed by atoms with E-state index < -0.39 is 0 Å². The number of furan rings is 1. The molecule has 146 valence electrons. The van der Waals surface area contributed by atoms with Crippen molar-refractivity contribution < 1.29 is 13.9 Å². The summed E-state index contributed by atoms with van der Waals surface area (Å²) in [7, 11) is 1.58. The standard InChI is InChI=1S/C23H21N3O3/c1-27-22-12-11-18(28-17-8-3-2-4-9-17)14-20(22)26(23(24)25)15-19-13-16-7-5-6-10-21(16)29-19/h2-14H,15H2,1H3,(H3,24,25). The molecule has 6 nitrogen and oxygen atoms in total. The predicted molar refractivity (Wildman–Crippen MR) is 114 cm³/mol. The Morgan fingerprint density at radius 1 is 0.966 bits per heavy atom. The van der Waals surface area contributed by atoms with Crippen LogP contribution in [0.1, 0.15) is 5.76 Å². The first-order chi connectivity index (χ1) is 14.1. The molecule has 0 aliphatic heterocycles. The van der Waals surface area contributed by atoms with Crippen LogP contribution in [0.5, 0.6) is 17.2 Å². The fourth-order valence-corrected chi connectivity index (χ4v) is 3.14. The smallest absolute Gasteiger partial charge is 0.193 e. The first-order valence-electron chi connectivity index (χ1n) is 9.14. The minimum atomic E-state index is -0.124. The van der Waals surface area contributed by atoms with Gasteiger partial charge in [-0.1, -0.05) is 36.4 Å². The molecule has 0 aliphatic rings. The molecule has 0 saturated heterocycles. The highest BCUT2D eigenvalue weighted by Gasteiger charge is 2.19. The van der Waals surface area contributed by atoms with Gasteiger partial charge in [0.1, 0.15) is 28.6 Å². The van der Waals surface area contributed by atoms with Crippen molar-refractivity contribution in [3.05, 3.63) is 84.6 Å². The van der Waals surface area contributed by atoms with Gasteiger partial charge >= 0.3 is 0 Å². The SMILES string of the molecule is COc1ccc(Oc2ccccc2)cc1N(Cc1cc2ccccc2o1)C(=N)N. The normalized spacial score (nSPS) is 10.7. The molecule has 6 heteroatoms. The zero-order chi connectivity index (χ0) is 20.2. The van der Waals surface area contributed by atoms with E-state index in [1.54, 1.807) is 24.1 Å². The third-order valence-corrected chi connectivity index (χ3v) is 4.50. The van der Waals surface area contributed by atoms with Gasteiger partial charge in [0.25, 0.3) is 0 Å². The molecule has 4 rings (SSSR count). The number of nitrogens with zero attached hydrogens (tertiary/aromatic N) is 1. The van der Waals surface area contributed by atoms with Crippen molar-refractivity contribution in [1.29, 1.82) is 5.41 Å². The van der Waals surface area contributed by atoms with E-state index in [0.717, 1.165) is 16.7 Å². The number of methoxy groups -OCH3 is 1. The van der Waals surface area contributed by atoms with Crippen molar-refractivity contribution in [1.82, 2.24) is 0 Å². The first-order valence-corrected chi connectivity index (χ1v) is 9.14. The molecule has 0 amide bonds. The van der Waals surface area contributed by atoms with Gasteiger partial charge in [-0.2, -0.15) is 0 Å². The number of benzene rings is 3. The molecular weight excluding hydrogens is 366 g/mol. The highest BCUT2D eigenvalue weighted by molar-refractivity contribution is 5.94. The second kappa shape index (κ2) is 7.98. The Kier molecular flexibility index (Phi) is 5.07. The van der Waals surface area contributed by atoms with Gasteiger partial charge in [-0.25, -0.2) is 0 Å². The summed E-state index contributed by atoms with van der Waals surface area (Å²) >= 11 is 0. The van der Waals surface area contributed by atoms with Gasteiger partial charge in [0.05, 0.1) is 19.3 Å². The zero-order valence-corrected chi connectivity index (χ0v) is 16.0. The van der Waals surface area contributed by atoms with Gasteiger partial charge in [-0.15, -0.1) is 0 Å². The summed E-state index contributed by atoms with van der Waals surface area (Å²) in [5.41, 5.74) is 7.32. The Morgan fingerprint density at radius 3 is 2.45 bits per heavy atom. The Hall–Kier alpha value is -3.93. The monoisotopic (exact) mass is 387 g/mol. The lowest BCUT2D eigenvalue weighted by molar-refractivity contribution is 0.413. The molecule has 0 atom stereocenters. The van der Waals surface area contributed by atoms with Gasteiger partial charge in [0.15, 0.2) is 5.96 Å². The Bertz CT molecular complexity index is 1110. The van der Waals surface area contributed by atoms with Gasteiger partial charge in [0, 0.05) is 11.5 Å². The molecular formula is C23H21N3O3. The Labute approximate surface area is 168 Å². The molecule has 3 N–H and O–H groups in total. The minimum Gasteiger partial charge on any atom is -0.495 e. The van der Waals surface area contributed by atoms with E-state index in [1.807, 2.05) is 66.7 Å². The molecule has 0 saturated carbocycles. The molecule has 0 fully saturated rings. The molecule has 3 aromatic carbocycles. The van der Waals surface area contributed by atoms with Crippen LogP contribution in [0.2, 0.25) is 0 Å². The maximum absolute atomic E-state index is 8.10. The highest BCUT2D eigenvalue weighted by atomic mass is 16.5. The van der Waals surface area contributed by atoms with E-state index in [9.17, 15) is 0 Å². The van der Waals surface area contributed by atoms with Crippen molar-refractivity contribution in [2.45, 2.75) is 6.54 Å². The van der Waals surface area contributed by atoms with Crippen LogP contribution in [0.3, 0.4) is 0 Å². The van der Waals surface area contributed by atoms with Crippen LogP contribution < -0.4 is 20.1 Å². The molecule has 0 unspecified atom stereocenters. The van der Waals surface area contributed by atoms with E-state index in [2.05, 4.69) is 0 Å². The van der Waals surface area contributed by atoms with Crippen LogP contribution in [0.25, 0.3) is 11.0 Å². The summed E-state index contributed by atoms with van der Waals surface area (Å²) in [5.74, 6) is 2.48. The van der Waals surface area contributed by atoms with Crippen LogP contribution in [0.4, 0.5) is 5.69 Å². The number of hydrogen-bond acceptors (Lipinski definition) is 4. The van der Waals surface area contributed by atoms with Crippen molar-refractivity contribution in [3.8, 4) is 17.2 Å². The fraction of sp³-hybridized carbons (Fsp3) is 0.0870. The number of hydrogen-bond donors (Lipinski definition) is 2. The largest absolute Gasteiger partial charge is 0.495 e. The molecule has 0 aliphatic carbocycles. The van der Waals surface area contributed by atoms with Gasteiger partial charge in [-0.05, 0) is 36.4 Å². The van der Waals surface area contributed by atoms with Crippen LogP contribution in [-0.4, -0.2) is 13.1 Å². The molecule has 4 aromatic rings. The van der Waals surface area contributed by atoms with E-state index in [-0.39, 0.29) is 12.5 Å². The third-order valence-electron chi connectivity index (χ3n) is 4.50.